The third kappa shape index (κ3) is 5.61. The number of hydrogen-bond donors (Lipinski definition) is 1. The van der Waals surface area contributed by atoms with Crippen LogP contribution in [0, 0.1) is 0 Å². The number of allylic oxidation sites excluding steroid dienone is 1. The van der Waals surface area contributed by atoms with Crippen molar-refractivity contribution < 1.29 is 14.6 Å². The molecule has 0 aromatic carbocycles. The smallest absolute Gasteiger partial charge is 0.330 e. The van der Waals surface area contributed by atoms with Crippen LogP contribution in [0.25, 0.3) is 0 Å². The second kappa shape index (κ2) is 5.92. The van der Waals surface area contributed by atoms with Crippen LogP contribution in [0.5, 0.6) is 0 Å². The number of ether oxygens (including phenoxy) is 1. The summed E-state index contributed by atoms with van der Waals surface area (Å²) in [7, 11) is 1.35. The van der Waals surface area contributed by atoms with Crippen molar-refractivity contribution in [2.75, 3.05) is 13.7 Å². The Kier molecular flexibility index (Phi) is 5.47. The lowest BCUT2D eigenvalue weighted by Gasteiger charge is -1.97. The van der Waals surface area contributed by atoms with Gasteiger partial charge in [-0.05, 0) is 19.8 Å². The number of carbonyl (C=O) groups excluding carboxylic acids is 1. The standard InChI is InChI=1S/C8H14O3/c1-7(4-3-5-9)6-8(10)11-2/h6,9H,3-5H2,1-2H3/b7-6-. The van der Waals surface area contributed by atoms with Crippen molar-refractivity contribution in [1.82, 2.24) is 0 Å². The van der Waals surface area contributed by atoms with Gasteiger partial charge in [0.05, 0.1) is 7.11 Å². The van der Waals surface area contributed by atoms with Gasteiger partial charge in [-0.2, -0.15) is 0 Å². The first kappa shape index (κ1) is 10.2. The summed E-state index contributed by atoms with van der Waals surface area (Å²) in [6.45, 7) is 2.00. The van der Waals surface area contributed by atoms with Gasteiger partial charge in [-0.3, -0.25) is 0 Å². The highest BCUT2D eigenvalue weighted by Gasteiger charge is 1.95. The van der Waals surface area contributed by atoms with E-state index in [1.54, 1.807) is 0 Å². The molecule has 3 nitrogen and oxygen atoms in total. The van der Waals surface area contributed by atoms with Crippen molar-refractivity contribution in [2.24, 2.45) is 0 Å². The monoisotopic (exact) mass is 158 g/mol. The summed E-state index contributed by atoms with van der Waals surface area (Å²) >= 11 is 0. The fourth-order valence-electron chi connectivity index (χ4n) is 0.690. The van der Waals surface area contributed by atoms with Gasteiger partial charge in [0.25, 0.3) is 0 Å². The van der Waals surface area contributed by atoms with Crippen molar-refractivity contribution in [3.63, 3.8) is 0 Å². The molecule has 0 aliphatic heterocycles. The van der Waals surface area contributed by atoms with Crippen LogP contribution in [0.2, 0.25) is 0 Å². The largest absolute Gasteiger partial charge is 0.466 e. The number of aliphatic hydroxyl groups excluding tert-OH is 1. The van der Waals surface area contributed by atoms with E-state index in [0.29, 0.717) is 6.42 Å². The lowest BCUT2D eigenvalue weighted by Crippen LogP contribution is -1.96. The van der Waals surface area contributed by atoms with Crippen molar-refractivity contribution in [3.05, 3.63) is 11.6 Å². The summed E-state index contributed by atoms with van der Waals surface area (Å²) in [6, 6.07) is 0. The molecular weight excluding hydrogens is 144 g/mol. The summed E-state index contributed by atoms with van der Waals surface area (Å²) in [5.74, 6) is -0.333. The van der Waals surface area contributed by atoms with Crippen molar-refractivity contribution in [3.8, 4) is 0 Å². The summed E-state index contributed by atoms with van der Waals surface area (Å²) in [4.78, 5) is 10.6. The predicted octanol–water partition coefficient (Wildman–Crippen LogP) is 0.878. The van der Waals surface area contributed by atoms with E-state index in [4.69, 9.17) is 5.11 Å². The summed E-state index contributed by atoms with van der Waals surface area (Å²) < 4.78 is 4.42. The van der Waals surface area contributed by atoms with Gasteiger partial charge in [0.2, 0.25) is 0 Å². The molecule has 11 heavy (non-hydrogen) atoms. The highest BCUT2D eigenvalue weighted by molar-refractivity contribution is 5.82. The van der Waals surface area contributed by atoms with Gasteiger partial charge in [0, 0.05) is 12.7 Å². The second-order valence-electron chi connectivity index (χ2n) is 2.34. The van der Waals surface area contributed by atoms with E-state index in [9.17, 15) is 4.79 Å². The lowest BCUT2D eigenvalue weighted by molar-refractivity contribution is -0.134. The van der Waals surface area contributed by atoms with E-state index in [-0.39, 0.29) is 12.6 Å². The Labute approximate surface area is 66.7 Å². The second-order valence-corrected chi connectivity index (χ2v) is 2.34. The molecule has 0 aliphatic rings. The number of carbonyl (C=O) groups is 1. The van der Waals surface area contributed by atoms with Crippen molar-refractivity contribution >= 4 is 5.97 Å². The number of rotatable bonds is 4. The number of methoxy groups -OCH3 is 1. The Morgan fingerprint density at radius 1 is 1.64 bits per heavy atom. The molecule has 0 aromatic rings. The normalized spacial score (nSPS) is 11.4. The zero-order chi connectivity index (χ0) is 8.69. The molecule has 1 N–H and O–H groups in total. The topological polar surface area (TPSA) is 46.5 Å². The molecule has 0 amide bonds. The third-order valence-corrected chi connectivity index (χ3v) is 1.29. The Morgan fingerprint density at radius 2 is 2.27 bits per heavy atom. The van der Waals surface area contributed by atoms with Crippen LogP contribution in [0.3, 0.4) is 0 Å². The maximum Gasteiger partial charge on any atom is 0.330 e. The quantitative estimate of drug-likeness (QED) is 0.488. The van der Waals surface area contributed by atoms with Crippen molar-refractivity contribution in [1.29, 1.82) is 0 Å². The molecule has 0 rings (SSSR count). The summed E-state index contributed by atoms with van der Waals surface area (Å²) in [5.41, 5.74) is 0.936. The van der Waals surface area contributed by atoms with E-state index < -0.39 is 0 Å². The van der Waals surface area contributed by atoms with E-state index >= 15 is 0 Å². The maximum absolute atomic E-state index is 10.6. The lowest BCUT2D eigenvalue weighted by atomic mass is 10.1. The first-order valence-electron chi connectivity index (χ1n) is 3.56. The molecule has 0 spiro atoms. The van der Waals surface area contributed by atoms with Gasteiger partial charge in [0.15, 0.2) is 0 Å². The van der Waals surface area contributed by atoms with Crippen LogP contribution >= 0.6 is 0 Å². The van der Waals surface area contributed by atoms with Crippen LogP contribution in [-0.2, 0) is 9.53 Å². The van der Waals surface area contributed by atoms with E-state index in [1.165, 1.54) is 13.2 Å². The number of esters is 1. The minimum Gasteiger partial charge on any atom is -0.466 e. The average Bonchev–Trinajstić information content (AvgIpc) is 2.00. The minimum atomic E-state index is -0.333. The highest BCUT2D eigenvalue weighted by atomic mass is 16.5. The maximum atomic E-state index is 10.6. The van der Waals surface area contributed by atoms with Crippen LogP contribution in [0.1, 0.15) is 19.8 Å². The van der Waals surface area contributed by atoms with Gasteiger partial charge >= 0.3 is 5.97 Å². The van der Waals surface area contributed by atoms with Crippen LogP contribution in [0.4, 0.5) is 0 Å². The van der Waals surface area contributed by atoms with E-state index in [1.807, 2.05) is 6.92 Å². The zero-order valence-corrected chi connectivity index (χ0v) is 6.96. The van der Waals surface area contributed by atoms with Gasteiger partial charge < -0.3 is 9.84 Å². The fourth-order valence-corrected chi connectivity index (χ4v) is 0.690. The molecule has 64 valence electrons. The summed E-state index contributed by atoms with van der Waals surface area (Å²) in [5, 5.41) is 8.46. The van der Waals surface area contributed by atoms with E-state index in [2.05, 4.69) is 4.74 Å². The molecule has 0 saturated heterocycles. The SMILES string of the molecule is COC(=O)/C=C(/C)CCCO. The molecule has 0 fully saturated rings. The molecule has 0 aliphatic carbocycles. The van der Waals surface area contributed by atoms with Gasteiger partial charge in [-0.1, -0.05) is 5.57 Å². The van der Waals surface area contributed by atoms with Crippen molar-refractivity contribution in [2.45, 2.75) is 19.8 Å². The molecule has 0 aromatic heterocycles. The predicted molar refractivity (Wildman–Crippen MR) is 42.1 cm³/mol. The Balaban J connectivity index is 3.70. The Bertz CT molecular complexity index is 149. The fraction of sp³-hybridized carbons (Fsp3) is 0.625. The minimum absolute atomic E-state index is 0.159. The van der Waals surface area contributed by atoms with Gasteiger partial charge in [-0.25, -0.2) is 4.79 Å². The van der Waals surface area contributed by atoms with E-state index in [0.717, 1.165) is 12.0 Å². The van der Waals surface area contributed by atoms with Crippen LogP contribution in [-0.4, -0.2) is 24.8 Å². The van der Waals surface area contributed by atoms with Gasteiger partial charge in [0.1, 0.15) is 0 Å². The van der Waals surface area contributed by atoms with Gasteiger partial charge in [-0.15, -0.1) is 0 Å². The van der Waals surface area contributed by atoms with Crippen LogP contribution in [0.15, 0.2) is 11.6 Å². The average molecular weight is 158 g/mol. The van der Waals surface area contributed by atoms with Crippen LogP contribution < -0.4 is 0 Å². The first-order chi connectivity index (χ1) is 5.20. The molecule has 0 atom stereocenters. The Morgan fingerprint density at radius 3 is 2.73 bits per heavy atom. The first-order valence-corrected chi connectivity index (χ1v) is 3.56. The molecule has 3 heteroatoms. The molecular formula is C8H14O3. The molecule has 0 heterocycles. The third-order valence-electron chi connectivity index (χ3n) is 1.29. The molecule has 0 unspecified atom stereocenters. The molecule has 0 bridgehead atoms. The molecule has 0 saturated carbocycles. The Hall–Kier alpha value is -0.830. The highest BCUT2D eigenvalue weighted by Crippen LogP contribution is 2.02. The number of aliphatic hydroxyl groups is 1. The number of hydrogen-bond acceptors (Lipinski definition) is 3. The summed E-state index contributed by atoms with van der Waals surface area (Å²) in [6.07, 6.45) is 2.88. The zero-order valence-electron chi connectivity index (χ0n) is 6.96. The molecule has 0 radical (unpaired) electrons.